The van der Waals surface area contributed by atoms with E-state index in [1.807, 2.05) is 6.92 Å². The van der Waals surface area contributed by atoms with Crippen molar-refractivity contribution in [1.82, 2.24) is 5.32 Å². The third kappa shape index (κ3) is 9.16. The number of halogens is 1. The van der Waals surface area contributed by atoms with E-state index in [2.05, 4.69) is 53.6 Å². The molecule has 0 aromatic carbocycles. The van der Waals surface area contributed by atoms with Crippen LogP contribution in [0.4, 0.5) is 0 Å². The molecule has 18 heavy (non-hydrogen) atoms. The van der Waals surface area contributed by atoms with Crippen LogP contribution in [0.5, 0.6) is 0 Å². The lowest BCUT2D eigenvalue weighted by atomic mass is 9.92. The van der Waals surface area contributed by atoms with Gasteiger partial charge in [-0.15, -0.1) is 0 Å². The average Bonchev–Trinajstić information content (AvgIpc) is 2.24. The van der Waals surface area contributed by atoms with Crippen molar-refractivity contribution in [2.45, 2.75) is 34.1 Å². The van der Waals surface area contributed by atoms with Crippen LogP contribution >= 0.6 is 15.9 Å². The van der Waals surface area contributed by atoms with E-state index in [-0.39, 0.29) is 11.3 Å². The highest BCUT2D eigenvalue weighted by atomic mass is 79.9. The molecule has 0 saturated heterocycles. The molecule has 0 radical (unpaired) electrons. The van der Waals surface area contributed by atoms with Crippen LogP contribution in [0.1, 0.15) is 34.1 Å². The molecule has 0 aromatic rings. The van der Waals surface area contributed by atoms with Gasteiger partial charge in [-0.05, 0) is 46.8 Å². The summed E-state index contributed by atoms with van der Waals surface area (Å²) in [6.07, 6.45) is 4.33. The van der Waals surface area contributed by atoms with Crippen molar-refractivity contribution < 1.29 is 4.79 Å². The second kappa shape index (κ2) is 8.25. The van der Waals surface area contributed by atoms with E-state index in [4.69, 9.17) is 0 Å². The fourth-order valence-corrected chi connectivity index (χ4v) is 1.50. The van der Waals surface area contributed by atoms with E-state index in [0.717, 1.165) is 6.42 Å². The van der Waals surface area contributed by atoms with E-state index in [1.54, 1.807) is 12.2 Å². The normalized spacial score (nSPS) is 12.8. The molecule has 0 fully saturated rings. The molecule has 102 valence electrons. The van der Waals surface area contributed by atoms with Gasteiger partial charge in [0.25, 0.3) is 5.91 Å². The number of aliphatic imine (C=N–C) groups is 1. The molecule has 4 heteroatoms. The van der Waals surface area contributed by atoms with Crippen molar-refractivity contribution in [1.29, 1.82) is 0 Å². The summed E-state index contributed by atoms with van der Waals surface area (Å²) in [7, 11) is 0. The Kier molecular flexibility index (Phi) is 7.83. The number of rotatable bonds is 6. The molecule has 3 nitrogen and oxygen atoms in total. The van der Waals surface area contributed by atoms with Gasteiger partial charge in [0, 0.05) is 18.7 Å². The van der Waals surface area contributed by atoms with Crippen molar-refractivity contribution in [3.8, 4) is 0 Å². The lowest BCUT2D eigenvalue weighted by Crippen LogP contribution is -2.27. The number of carbonyl (C=O) groups excluding carboxylic acids is 1. The highest BCUT2D eigenvalue weighted by molar-refractivity contribution is 9.18. The van der Waals surface area contributed by atoms with Crippen LogP contribution in [-0.4, -0.2) is 23.6 Å². The summed E-state index contributed by atoms with van der Waals surface area (Å²) < 4.78 is 0.716. The van der Waals surface area contributed by atoms with Gasteiger partial charge in [0.15, 0.2) is 0 Å². The van der Waals surface area contributed by atoms with Gasteiger partial charge in [0.1, 0.15) is 4.62 Å². The van der Waals surface area contributed by atoms with Crippen LogP contribution < -0.4 is 5.32 Å². The second-order valence-electron chi connectivity index (χ2n) is 5.22. The van der Waals surface area contributed by atoms with E-state index >= 15 is 0 Å². The summed E-state index contributed by atoms with van der Waals surface area (Å²) in [5.41, 5.74) is 0.661. The smallest absolute Gasteiger partial charge is 0.250 e. The fraction of sp³-hybridized carbons (Fsp3) is 0.571. The molecule has 0 rings (SSSR count). The molecule has 0 aromatic heterocycles. The third-order valence-electron chi connectivity index (χ3n) is 2.18. The zero-order chi connectivity index (χ0) is 14.2. The van der Waals surface area contributed by atoms with E-state index in [0.29, 0.717) is 23.3 Å². The summed E-state index contributed by atoms with van der Waals surface area (Å²) >= 11 is 3.28. The maximum atomic E-state index is 11.7. The first-order valence-electron chi connectivity index (χ1n) is 6.11. The molecular formula is C14H23BrN2O. The molecular weight excluding hydrogens is 292 g/mol. The number of carbonyl (C=O) groups is 1. The van der Waals surface area contributed by atoms with Gasteiger partial charge in [0.05, 0.1) is 0 Å². The monoisotopic (exact) mass is 314 g/mol. The zero-order valence-electron chi connectivity index (χ0n) is 11.7. The van der Waals surface area contributed by atoms with Crippen LogP contribution in [0.2, 0.25) is 0 Å². The molecule has 0 aliphatic carbocycles. The molecule has 0 aliphatic heterocycles. The Labute approximate surface area is 119 Å². The number of nitrogens with one attached hydrogen (secondary N) is 1. The molecule has 1 amide bonds. The Morgan fingerprint density at radius 1 is 1.39 bits per heavy atom. The predicted molar refractivity (Wildman–Crippen MR) is 82.3 cm³/mol. The summed E-state index contributed by atoms with van der Waals surface area (Å²) in [4.78, 5) is 15.8. The minimum Gasteiger partial charge on any atom is -0.352 e. The Bertz CT molecular complexity index is 351. The Balaban J connectivity index is 4.13. The SMILES string of the molecule is C=C(C=CC(Br)=NCC)C(=O)NCCC(C)(C)C. The quantitative estimate of drug-likeness (QED) is 0.455. The molecule has 0 bridgehead atoms. The van der Waals surface area contributed by atoms with Gasteiger partial charge in [-0.25, -0.2) is 0 Å². The first-order valence-corrected chi connectivity index (χ1v) is 6.90. The number of nitrogens with zero attached hydrogens (tertiary/aromatic N) is 1. The maximum absolute atomic E-state index is 11.7. The molecule has 0 saturated carbocycles. The van der Waals surface area contributed by atoms with Gasteiger partial charge in [-0.2, -0.15) is 0 Å². The second-order valence-corrected chi connectivity index (χ2v) is 6.03. The van der Waals surface area contributed by atoms with Crippen molar-refractivity contribution in [3.63, 3.8) is 0 Å². The first-order chi connectivity index (χ1) is 8.26. The number of hydrogen-bond donors (Lipinski definition) is 1. The Hall–Kier alpha value is -0.900. The Morgan fingerprint density at radius 2 is 2.00 bits per heavy atom. The lowest BCUT2D eigenvalue weighted by Gasteiger charge is -2.17. The van der Waals surface area contributed by atoms with Crippen molar-refractivity contribution in [2.24, 2.45) is 10.4 Å². The summed E-state index contributed by atoms with van der Waals surface area (Å²) in [6.45, 7) is 13.5. The van der Waals surface area contributed by atoms with Crippen LogP contribution in [0, 0.1) is 5.41 Å². The predicted octanol–water partition coefficient (Wildman–Crippen LogP) is 3.46. The molecule has 0 atom stereocenters. The van der Waals surface area contributed by atoms with E-state index in [1.165, 1.54) is 0 Å². The number of hydrogen-bond acceptors (Lipinski definition) is 2. The number of amides is 1. The van der Waals surface area contributed by atoms with Crippen molar-refractivity contribution >= 4 is 26.5 Å². The van der Waals surface area contributed by atoms with Crippen molar-refractivity contribution in [3.05, 3.63) is 24.3 Å². The summed E-state index contributed by atoms with van der Waals surface area (Å²) in [5.74, 6) is -0.132. The molecule has 0 aliphatic rings. The van der Waals surface area contributed by atoms with Gasteiger partial charge in [-0.1, -0.05) is 27.4 Å². The summed E-state index contributed by atoms with van der Waals surface area (Å²) in [5, 5.41) is 2.85. The van der Waals surface area contributed by atoms with Gasteiger partial charge >= 0.3 is 0 Å². The van der Waals surface area contributed by atoms with Crippen LogP contribution in [0.3, 0.4) is 0 Å². The lowest BCUT2D eigenvalue weighted by molar-refractivity contribution is -0.117. The minimum absolute atomic E-state index is 0.132. The zero-order valence-corrected chi connectivity index (χ0v) is 13.3. The minimum atomic E-state index is -0.132. The molecule has 0 unspecified atom stereocenters. The van der Waals surface area contributed by atoms with Crippen molar-refractivity contribution in [2.75, 3.05) is 13.1 Å². The topological polar surface area (TPSA) is 41.5 Å². The standard InChI is InChI=1S/C14H23BrN2O/c1-6-16-12(15)8-7-11(2)13(18)17-10-9-14(3,4)5/h7-8H,2,6,9-10H2,1,3-5H3,(H,17,18). The molecule has 1 N–H and O–H groups in total. The molecule has 0 spiro atoms. The van der Waals surface area contributed by atoms with Gasteiger partial charge < -0.3 is 5.32 Å². The number of allylic oxidation sites excluding steroid dienone is 1. The highest BCUT2D eigenvalue weighted by Gasteiger charge is 2.10. The highest BCUT2D eigenvalue weighted by Crippen LogP contribution is 2.16. The van der Waals surface area contributed by atoms with Crippen LogP contribution in [-0.2, 0) is 4.79 Å². The molecule has 0 heterocycles. The van der Waals surface area contributed by atoms with Gasteiger partial charge in [0.2, 0.25) is 0 Å². The van der Waals surface area contributed by atoms with Gasteiger partial charge in [-0.3, -0.25) is 9.79 Å². The Morgan fingerprint density at radius 3 is 2.50 bits per heavy atom. The van der Waals surface area contributed by atoms with Crippen LogP contribution in [0.15, 0.2) is 29.3 Å². The van der Waals surface area contributed by atoms with E-state index in [9.17, 15) is 4.79 Å². The fourth-order valence-electron chi connectivity index (χ4n) is 1.11. The largest absolute Gasteiger partial charge is 0.352 e. The third-order valence-corrected chi connectivity index (χ3v) is 2.70. The van der Waals surface area contributed by atoms with Crippen LogP contribution in [0.25, 0.3) is 0 Å². The summed E-state index contributed by atoms with van der Waals surface area (Å²) in [6, 6.07) is 0. The first kappa shape index (κ1) is 17.1. The van der Waals surface area contributed by atoms with E-state index < -0.39 is 0 Å². The average molecular weight is 315 g/mol. The maximum Gasteiger partial charge on any atom is 0.250 e.